The van der Waals surface area contributed by atoms with Crippen LogP contribution >= 0.6 is 0 Å². The van der Waals surface area contributed by atoms with Crippen LogP contribution in [0.2, 0.25) is 0 Å². The summed E-state index contributed by atoms with van der Waals surface area (Å²) < 4.78 is 17.1. The van der Waals surface area contributed by atoms with Crippen molar-refractivity contribution in [2.75, 3.05) is 39.5 Å². The van der Waals surface area contributed by atoms with Crippen molar-refractivity contribution in [3.05, 3.63) is 29.3 Å². The SMILES string of the molecule is Cc1cccc(OCCNC(=O)N2CCC3(CC2)OCCO3)c1C. The number of ether oxygens (including phenoxy) is 3. The zero-order valence-corrected chi connectivity index (χ0v) is 14.5. The van der Waals surface area contributed by atoms with Crippen LogP contribution in [0.3, 0.4) is 0 Å². The van der Waals surface area contributed by atoms with E-state index in [9.17, 15) is 4.79 Å². The normalized spacial score (nSPS) is 19.5. The fraction of sp³-hybridized carbons (Fsp3) is 0.611. The predicted molar refractivity (Wildman–Crippen MR) is 90.3 cm³/mol. The summed E-state index contributed by atoms with van der Waals surface area (Å²) in [5, 5.41) is 2.92. The molecule has 3 rings (SSSR count). The van der Waals surface area contributed by atoms with E-state index in [1.807, 2.05) is 24.0 Å². The van der Waals surface area contributed by atoms with Gasteiger partial charge in [-0.15, -0.1) is 0 Å². The molecule has 1 spiro atoms. The van der Waals surface area contributed by atoms with E-state index in [-0.39, 0.29) is 6.03 Å². The lowest BCUT2D eigenvalue weighted by Crippen LogP contribution is -2.50. The number of nitrogens with one attached hydrogen (secondary N) is 1. The number of hydrogen-bond donors (Lipinski definition) is 1. The molecule has 132 valence electrons. The number of hydrogen-bond acceptors (Lipinski definition) is 4. The number of amides is 2. The number of carbonyl (C=O) groups excluding carboxylic acids is 1. The molecule has 2 heterocycles. The van der Waals surface area contributed by atoms with Crippen LogP contribution in [0.4, 0.5) is 4.79 Å². The van der Waals surface area contributed by atoms with Crippen molar-refractivity contribution in [3.8, 4) is 5.75 Å². The second kappa shape index (κ2) is 7.40. The second-order valence-corrected chi connectivity index (χ2v) is 6.37. The molecule has 2 saturated heterocycles. The summed E-state index contributed by atoms with van der Waals surface area (Å²) in [6, 6.07) is 5.95. The second-order valence-electron chi connectivity index (χ2n) is 6.37. The highest BCUT2D eigenvalue weighted by Crippen LogP contribution is 2.31. The number of rotatable bonds is 4. The van der Waals surface area contributed by atoms with Crippen LogP contribution in [0, 0.1) is 13.8 Å². The van der Waals surface area contributed by atoms with Crippen molar-refractivity contribution in [1.82, 2.24) is 10.2 Å². The lowest BCUT2D eigenvalue weighted by Gasteiger charge is -2.37. The summed E-state index contributed by atoms with van der Waals surface area (Å²) in [4.78, 5) is 14.0. The summed E-state index contributed by atoms with van der Waals surface area (Å²) in [6.45, 7) is 7.67. The van der Waals surface area contributed by atoms with Crippen LogP contribution in [0.25, 0.3) is 0 Å². The quantitative estimate of drug-likeness (QED) is 0.858. The van der Waals surface area contributed by atoms with Crippen molar-refractivity contribution >= 4 is 6.03 Å². The maximum Gasteiger partial charge on any atom is 0.317 e. The fourth-order valence-electron chi connectivity index (χ4n) is 3.15. The first-order valence-electron chi connectivity index (χ1n) is 8.59. The van der Waals surface area contributed by atoms with E-state index in [4.69, 9.17) is 14.2 Å². The first kappa shape index (κ1) is 17.0. The molecule has 1 aromatic carbocycles. The first-order chi connectivity index (χ1) is 11.6. The number of nitrogens with zero attached hydrogens (tertiary/aromatic N) is 1. The van der Waals surface area contributed by atoms with Gasteiger partial charge in [0.2, 0.25) is 0 Å². The van der Waals surface area contributed by atoms with Gasteiger partial charge < -0.3 is 24.4 Å². The Kier molecular flexibility index (Phi) is 5.26. The molecule has 6 heteroatoms. The standard InChI is InChI=1S/C18H26N2O4/c1-14-4-3-5-16(15(14)2)22-11-8-19-17(21)20-9-6-18(7-10-20)23-12-13-24-18/h3-5H,6-13H2,1-2H3,(H,19,21). The average Bonchev–Trinajstić information content (AvgIpc) is 3.04. The Hall–Kier alpha value is -1.79. The van der Waals surface area contributed by atoms with Crippen molar-refractivity contribution in [2.24, 2.45) is 0 Å². The highest BCUT2D eigenvalue weighted by Gasteiger charge is 2.40. The predicted octanol–water partition coefficient (Wildman–Crippen LogP) is 2.23. The van der Waals surface area contributed by atoms with Crippen LogP contribution < -0.4 is 10.1 Å². The molecular formula is C18H26N2O4. The molecule has 2 amide bonds. The molecule has 0 radical (unpaired) electrons. The molecule has 2 fully saturated rings. The number of likely N-dealkylation sites (tertiary alicyclic amines) is 1. The average molecular weight is 334 g/mol. The van der Waals surface area contributed by atoms with Gasteiger partial charge in [-0.05, 0) is 31.0 Å². The summed E-state index contributed by atoms with van der Waals surface area (Å²) in [5.74, 6) is 0.433. The highest BCUT2D eigenvalue weighted by atomic mass is 16.7. The maximum atomic E-state index is 12.2. The van der Waals surface area contributed by atoms with Gasteiger partial charge in [0.15, 0.2) is 5.79 Å². The smallest absolute Gasteiger partial charge is 0.317 e. The van der Waals surface area contributed by atoms with Crippen molar-refractivity contribution < 1.29 is 19.0 Å². The Morgan fingerprint density at radius 1 is 1.25 bits per heavy atom. The topological polar surface area (TPSA) is 60.0 Å². The van der Waals surface area contributed by atoms with E-state index in [0.29, 0.717) is 39.5 Å². The number of urea groups is 1. The van der Waals surface area contributed by atoms with Gasteiger partial charge in [-0.25, -0.2) is 4.79 Å². The third kappa shape index (κ3) is 3.82. The third-order valence-corrected chi connectivity index (χ3v) is 4.82. The van der Waals surface area contributed by atoms with Gasteiger partial charge in [-0.1, -0.05) is 12.1 Å². The van der Waals surface area contributed by atoms with E-state index in [2.05, 4.69) is 18.3 Å². The maximum absolute atomic E-state index is 12.2. The van der Waals surface area contributed by atoms with Gasteiger partial charge in [-0.2, -0.15) is 0 Å². The minimum atomic E-state index is -0.442. The zero-order chi connectivity index (χ0) is 17.0. The van der Waals surface area contributed by atoms with Crippen LogP contribution in [-0.4, -0.2) is 56.2 Å². The largest absolute Gasteiger partial charge is 0.491 e. The molecule has 2 aliphatic heterocycles. The van der Waals surface area contributed by atoms with E-state index < -0.39 is 5.79 Å². The lowest BCUT2D eigenvalue weighted by atomic mass is 10.0. The molecule has 0 atom stereocenters. The highest BCUT2D eigenvalue weighted by molar-refractivity contribution is 5.74. The molecule has 0 aromatic heterocycles. The summed E-state index contributed by atoms with van der Waals surface area (Å²) in [7, 11) is 0. The van der Waals surface area contributed by atoms with Gasteiger partial charge >= 0.3 is 6.03 Å². The zero-order valence-electron chi connectivity index (χ0n) is 14.5. The lowest BCUT2D eigenvalue weighted by molar-refractivity contribution is -0.181. The molecule has 0 unspecified atom stereocenters. The van der Waals surface area contributed by atoms with Crippen LogP contribution in [0.15, 0.2) is 18.2 Å². The number of piperidine rings is 1. The molecule has 6 nitrogen and oxygen atoms in total. The van der Waals surface area contributed by atoms with Crippen molar-refractivity contribution in [3.63, 3.8) is 0 Å². The van der Waals surface area contributed by atoms with Crippen LogP contribution in [0.1, 0.15) is 24.0 Å². The number of aryl methyl sites for hydroxylation is 1. The monoisotopic (exact) mass is 334 g/mol. The Balaban J connectivity index is 1.38. The van der Waals surface area contributed by atoms with E-state index in [1.165, 1.54) is 5.56 Å². The number of carbonyl (C=O) groups is 1. The molecule has 0 bridgehead atoms. The van der Waals surface area contributed by atoms with E-state index >= 15 is 0 Å². The molecule has 1 aromatic rings. The van der Waals surface area contributed by atoms with Gasteiger partial charge in [0, 0.05) is 25.9 Å². The van der Waals surface area contributed by atoms with Crippen molar-refractivity contribution in [1.29, 1.82) is 0 Å². The van der Waals surface area contributed by atoms with E-state index in [0.717, 1.165) is 24.2 Å². The Bertz CT molecular complexity index is 574. The minimum Gasteiger partial charge on any atom is -0.491 e. The molecular weight excluding hydrogens is 308 g/mol. The number of benzene rings is 1. The van der Waals surface area contributed by atoms with Gasteiger partial charge in [-0.3, -0.25) is 0 Å². The van der Waals surface area contributed by atoms with E-state index in [1.54, 1.807) is 0 Å². The summed E-state index contributed by atoms with van der Waals surface area (Å²) in [6.07, 6.45) is 1.47. The molecule has 2 aliphatic rings. The first-order valence-corrected chi connectivity index (χ1v) is 8.59. The van der Waals surface area contributed by atoms with Gasteiger partial charge in [0.05, 0.1) is 19.8 Å². The third-order valence-electron chi connectivity index (χ3n) is 4.82. The fourth-order valence-corrected chi connectivity index (χ4v) is 3.15. The van der Waals surface area contributed by atoms with Gasteiger partial charge in [0.1, 0.15) is 12.4 Å². The van der Waals surface area contributed by atoms with Crippen LogP contribution in [-0.2, 0) is 9.47 Å². The molecule has 24 heavy (non-hydrogen) atoms. The summed E-state index contributed by atoms with van der Waals surface area (Å²) >= 11 is 0. The molecule has 0 aliphatic carbocycles. The molecule has 0 saturated carbocycles. The Morgan fingerprint density at radius 3 is 2.67 bits per heavy atom. The minimum absolute atomic E-state index is 0.0487. The Labute approximate surface area is 143 Å². The summed E-state index contributed by atoms with van der Waals surface area (Å²) in [5.41, 5.74) is 2.34. The Morgan fingerprint density at radius 2 is 1.96 bits per heavy atom. The van der Waals surface area contributed by atoms with Crippen LogP contribution in [0.5, 0.6) is 5.75 Å². The van der Waals surface area contributed by atoms with Crippen molar-refractivity contribution in [2.45, 2.75) is 32.5 Å². The van der Waals surface area contributed by atoms with Gasteiger partial charge in [0.25, 0.3) is 0 Å². The molecule has 1 N–H and O–H groups in total.